The standard InChI is InChI=1S/C21H21N2O2S.C9H12.Ru.H/c1-16-12-14-19(15-13-16)26(24,25)23-21(18-10-6-3-7-11-18)20(22)17-8-4-2-5-9-17;1-7-4-8(2)6-9(3)5-7;;/h2-15,20-21H,22H2,1H3;4-6H,1-3H3;;/q-1;;+1;/t20-,21-;;;/m0.../s1. The number of sulfonamides is 1. The molecule has 190 valence electrons. The molecule has 0 unspecified atom stereocenters. The van der Waals surface area contributed by atoms with Crippen LogP contribution in [0.5, 0.6) is 0 Å². The van der Waals surface area contributed by atoms with E-state index in [0.717, 1.165) is 16.7 Å². The van der Waals surface area contributed by atoms with Gasteiger partial charge in [-0.15, -0.1) is 0 Å². The minimum atomic E-state index is -3.83. The summed E-state index contributed by atoms with van der Waals surface area (Å²) in [5.41, 5.74) is 13.1. The van der Waals surface area contributed by atoms with E-state index in [1.807, 2.05) is 67.6 Å². The van der Waals surface area contributed by atoms with Gasteiger partial charge in [0.2, 0.25) is 0 Å². The first-order chi connectivity index (χ1) is 16.7. The van der Waals surface area contributed by atoms with Crippen molar-refractivity contribution in [3.8, 4) is 0 Å². The van der Waals surface area contributed by atoms with Gasteiger partial charge in [-0.25, -0.2) is 8.42 Å². The third-order valence-electron chi connectivity index (χ3n) is 5.60. The molecule has 4 aromatic carbocycles. The Bertz CT molecular complexity index is 1280. The van der Waals surface area contributed by atoms with Gasteiger partial charge in [0, 0.05) is 10.9 Å². The first-order valence-electron chi connectivity index (χ1n) is 11.6. The van der Waals surface area contributed by atoms with E-state index in [9.17, 15) is 8.42 Å². The first kappa shape index (κ1) is 29.6. The van der Waals surface area contributed by atoms with Crippen LogP contribution in [-0.4, -0.2) is 8.42 Å². The zero-order chi connectivity index (χ0) is 25.4. The Labute approximate surface area is 228 Å². The van der Waals surface area contributed by atoms with Crippen LogP contribution in [0.2, 0.25) is 0 Å². The number of hydrogen-bond acceptors (Lipinski definition) is 3. The van der Waals surface area contributed by atoms with Gasteiger partial charge >= 0.3 is 19.5 Å². The summed E-state index contributed by atoms with van der Waals surface area (Å²) in [4.78, 5) is 0.171. The second kappa shape index (κ2) is 13.6. The van der Waals surface area contributed by atoms with E-state index < -0.39 is 22.1 Å². The van der Waals surface area contributed by atoms with E-state index in [-0.39, 0.29) is 24.4 Å². The Morgan fingerprint density at radius 2 is 1.03 bits per heavy atom. The summed E-state index contributed by atoms with van der Waals surface area (Å²) in [6, 6.07) is 30.7. The van der Waals surface area contributed by atoms with Gasteiger partial charge in [-0.2, -0.15) is 0 Å². The number of rotatable bonds is 6. The SMILES string of the molecule is Cc1cc(C)cc(C)c1.Cc1ccc(S(=O)(=O)[N-][C@@H](c2ccccc2)[C@@H](N)c2ccccc2)cc1.[RuH+]. The zero-order valence-corrected chi connectivity index (χ0v) is 23.8. The first-order valence-corrected chi connectivity index (χ1v) is 13.0. The molecule has 0 aliphatic carbocycles. The van der Waals surface area contributed by atoms with Crippen molar-refractivity contribution < 1.29 is 27.9 Å². The van der Waals surface area contributed by atoms with Crippen molar-refractivity contribution in [2.24, 2.45) is 5.73 Å². The van der Waals surface area contributed by atoms with Crippen LogP contribution in [0.1, 0.15) is 45.5 Å². The summed E-state index contributed by atoms with van der Waals surface area (Å²) in [7, 11) is -3.83. The summed E-state index contributed by atoms with van der Waals surface area (Å²) in [6.45, 7) is 8.28. The van der Waals surface area contributed by atoms with E-state index in [4.69, 9.17) is 5.73 Å². The predicted octanol–water partition coefficient (Wildman–Crippen LogP) is 6.84. The number of nitrogens with zero attached hydrogens (tertiary/aromatic N) is 1. The van der Waals surface area contributed by atoms with Crippen molar-refractivity contribution in [2.75, 3.05) is 0 Å². The van der Waals surface area contributed by atoms with E-state index in [2.05, 4.69) is 43.7 Å². The van der Waals surface area contributed by atoms with Crippen LogP contribution in [-0.2, 0) is 29.5 Å². The van der Waals surface area contributed by atoms with Crippen molar-refractivity contribution in [3.05, 3.63) is 141 Å². The average molecular weight is 588 g/mol. The molecule has 0 spiro atoms. The van der Waals surface area contributed by atoms with Gasteiger partial charge in [0.1, 0.15) is 10.0 Å². The molecule has 0 fully saturated rings. The fraction of sp³-hybridized carbons (Fsp3) is 0.200. The summed E-state index contributed by atoms with van der Waals surface area (Å²) in [6.07, 6.45) is 0. The topological polar surface area (TPSA) is 74.3 Å². The normalized spacial score (nSPS) is 12.5. The van der Waals surface area contributed by atoms with Crippen molar-refractivity contribution in [1.82, 2.24) is 0 Å². The van der Waals surface area contributed by atoms with Crippen molar-refractivity contribution in [2.45, 2.75) is 44.7 Å². The maximum atomic E-state index is 12.8. The Morgan fingerprint density at radius 1 is 0.611 bits per heavy atom. The van der Waals surface area contributed by atoms with E-state index >= 15 is 0 Å². The third-order valence-corrected chi connectivity index (χ3v) is 6.98. The molecule has 0 heterocycles. The van der Waals surface area contributed by atoms with Crippen LogP contribution in [0, 0.1) is 27.7 Å². The molecule has 0 aliphatic rings. The molecule has 1 radical (unpaired) electrons. The van der Waals surface area contributed by atoms with E-state index in [1.54, 1.807) is 24.3 Å². The monoisotopic (exact) mass is 588 g/mol. The summed E-state index contributed by atoms with van der Waals surface area (Å²) in [5.74, 6) is 0. The third kappa shape index (κ3) is 8.49. The molecule has 0 aromatic heterocycles. The second-order valence-electron chi connectivity index (χ2n) is 8.85. The molecule has 0 amide bonds. The molecule has 0 saturated heterocycles. The number of benzene rings is 4. The molecule has 2 N–H and O–H groups in total. The van der Waals surface area contributed by atoms with Gasteiger partial charge in [0.25, 0.3) is 0 Å². The Balaban J connectivity index is 0.000000386. The minimum absolute atomic E-state index is 0. The summed E-state index contributed by atoms with van der Waals surface area (Å²) < 4.78 is 29.9. The fourth-order valence-corrected chi connectivity index (χ4v) is 5.12. The van der Waals surface area contributed by atoms with Crippen LogP contribution >= 0.6 is 0 Å². The molecule has 0 saturated carbocycles. The van der Waals surface area contributed by atoms with Gasteiger partial charge < -0.3 is 10.5 Å². The summed E-state index contributed by atoms with van der Waals surface area (Å²) in [5, 5.41) is 0. The van der Waals surface area contributed by atoms with Crippen molar-refractivity contribution >= 4 is 10.0 Å². The van der Waals surface area contributed by atoms with Crippen LogP contribution in [0.15, 0.2) is 108 Å². The summed E-state index contributed by atoms with van der Waals surface area (Å²) >= 11 is 0. The average Bonchev–Trinajstić information content (AvgIpc) is 2.83. The van der Waals surface area contributed by atoms with E-state index in [0.29, 0.717) is 0 Å². The molecule has 4 aromatic rings. The molecule has 4 rings (SSSR count). The molecular weight excluding hydrogens is 553 g/mol. The Morgan fingerprint density at radius 3 is 1.47 bits per heavy atom. The van der Waals surface area contributed by atoms with Crippen LogP contribution < -0.4 is 5.73 Å². The molecule has 0 bridgehead atoms. The Hall–Kier alpha value is -2.63. The molecule has 2 atom stereocenters. The molecular formula is C30H34N2O2RuS. The van der Waals surface area contributed by atoms with Gasteiger partial charge in [0.15, 0.2) is 0 Å². The van der Waals surface area contributed by atoms with Crippen LogP contribution in [0.4, 0.5) is 0 Å². The van der Waals surface area contributed by atoms with Gasteiger partial charge in [0.05, 0.1) is 0 Å². The molecule has 4 nitrogen and oxygen atoms in total. The molecule has 0 aliphatic heterocycles. The van der Waals surface area contributed by atoms with E-state index in [1.165, 1.54) is 16.7 Å². The van der Waals surface area contributed by atoms with Gasteiger partial charge in [-0.05, 0) is 45.4 Å². The molecule has 36 heavy (non-hydrogen) atoms. The van der Waals surface area contributed by atoms with Crippen molar-refractivity contribution in [3.63, 3.8) is 0 Å². The van der Waals surface area contributed by atoms with Gasteiger partial charge in [-0.1, -0.05) is 125 Å². The number of aryl methyl sites for hydroxylation is 4. The fourth-order valence-electron chi connectivity index (χ4n) is 3.96. The molecule has 6 heteroatoms. The quantitative estimate of drug-likeness (QED) is 0.251. The number of nitrogens with two attached hydrogens (primary N) is 1. The maximum absolute atomic E-state index is 12.8. The van der Waals surface area contributed by atoms with Gasteiger partial charge in [-0.3, -0.25) is 0 Å². The van der Waals surface area contributed by atoms with Crippen molar-refractivity contribution in [1.29, 1.82) is 0 Å². The van der Waals surface area contributed by atoms with Crippen LogP contribution in [0.3, 0.4) is 0 Å². The Kier molecular flexibility index (Phi) is 11.2. The zero-order valence-electron chi connectivity index (χ0n) is 21.1. The number of hydrogen-bond donors (Lipinski definition) is 1. The second-order valence-corrected chi connectivity index (χ2v) is 10.5. The van der Waals surface area contributed by atoms with Crippen LogP contribution in [0.25, 0.3) is 4.72 Å². The predicted molar refractivity (Wildman–Crippen MR) is 146 cm³/mol.